The van der Waals surface area contributed by atoms with Gasteiger partial charge in [0.1, 0.15) is 5.82 Å². The molecule has 0 unspecified atom stereocenters. The number of ether oxygens (including phenoxy) is 1. The van der Waals surface area contributed by atoms with Crippen LogP contribution in [0.2, 0.25) is 0 Å². The fourth-order valence-corrected chi connectivity index (χ4v) is 1.78. The summed E-state index contributed by atoms with van der Waals surface area (Å²) in [6, 6.07) is 3.82. The maximum atomic E-state index is 5.75. The van der Waals surface area contributed by atoms with Crippen molar-refractivity contribution in [3.8, 4) is 5.88 Å². The lowest BCUT2D eigenvalue weighted by Crippen LogP contribution is -2.26. The summed E-state index contributed by atoms with van der Waals surface area (Å²) in [5.74, 6) is 2.33. The molecule has 1 heterocycles. The van der Waals surface area contributed by atoms with Crippen LogP contribution in [0, 0.1) is 5.92 Å². The number of hydrogen-bond acceptors (Lipinski definition) is 4. The number of hydrogen-bond donors (Lipinski definition) is 1. The standard InChI is InChI=1S/C12H19N3O/c1-3-15(8-9-4-5-9)11-7-6-10(13)12(14-11)16-2/h6-7,9H,3-5,8,13H2,1-2H3. The Bertz CT molecular complexity index is 363. The minimum atomic E-state index is 0.520. The largest absolute Gasteiger partial charge is 0.479 e. The highest BCUT2D eigenvalue weighted by Gasteiger charge is 2.24. The van der Waals surface area contributed by atoms with Crippen LogP contribution in [0.1, 0.15) is 19.8 Å². The van der Waals surface area contributed by atoms with Gasteiger partial charge in [-0.2, -0.15) is 4.98 Å². The molecule has 0 aliphatic heterocycles. The SMILES string of the molecule is CCN(CC1CC1)c1ccc(N)c(OC)n1. The van der Waals surface area contributed by atoms with Gasteiger partial charge in [0.15, 0.2) is 0 Å². The molecule has 16 heavy (non-hydrogen) atoms. The second-order valence-electron chi connectivity index (χ2n) is 4.25. The summed E-state index contributed by atoms with van der Waals surface area (Å²) in [5.41, 5.74) is 6.34. The molecule has 0 atom stereocenters. The molecule has 0 bridgehead atoms. The average molecular weight is 221 g/mol. The van der Waals surface area contributed by atoms with E-state index in [-0.39, 0.29) is 0 Å². The number of nitrogen functional groups attached to an aromatic ring is 1. The Morgan fingerprint density at radius 1 is 1.50 bits per heavy atom. The van der Waals surface area contributed by atoms with Gasteiger partial charge < -0.3 is 15.4 Å². The summed E-state index contributed by atoms with van der Waals surface area (Å²) in [6.45, 7) is 4.21. The third kappa shape index (κ3) is 2.38. The zero-order valence-corrected chi connectivity index (χ0v) is 9.94. The van der Waals surface area contributed by atoms with Crippen molar-refractivity contribution in [3.05, 3.63) is 12.1 Å². The van der Waals surface area contributed by atoms with Gasteiger partial charge in [0.2, 0.25) is 5.88 Å². The van der Waals surface area contributed by atoms with Crippen LogP contribution in [-0.2, 0) is 0 Å². The molecular formula is C12H19N3O. The van der Waals surface area contributed by atoms with Gasteiger partial charge in [-0.3, -0.25) is 0 Å². The first-order valence-electron chi connectivity index (χ1n) is 5.80. The topological polar surface area (TPSA) is 51.4 Å². The van der Waals surface area contributed by atoms with Crippen LogP contribution >= 0.6 is 0 Å². The van der Waals surface area contributed by atoms with E-state index in [0.717, 1.165) is 24.8 Å². The first-order chi connectivity index (χ1) is 7.74. The highest BCUT2D eigenvalue weighted by Crippen LogP contribution is 2.31. The molecule has 88 valence electrons. The Balaban J connectivity index is 2.16. The maximum absolute atomic E-state index is 5.75. The van der Waals surface area contributed by atoms with E-state index in [1.165, 1.54) is 12.8 Å². The van der Waals surface area contributed by atoms with E-state index < -0.39 is 0 Å². The monoisotopic (exact) mass is 221 g/mol. The van der Waals surface area contributed by atoms with Gasteiger partial charge in [0.05, 0.1) is 12.8 Å². The fourth-order valence-electron chi connectivity index (χ4n) is 1.78. The van der Waals surface area contributed by atoms with E-state index in [9.17, 15) is 0 Å². The Labute approximate surface area is 96.4 Å². The highest BCUT2D eigenvalue weighted by atomic mass is 16.5. The first kappa shape index (κ1) is 11.0. The molecule has 1 aliphatic rings. The zero-order valence-electron chi connectivity index (χ0n) is 9.94. The van der Waals surface area contributed by atoms with Crippen molar-refractivity contribution in [3.63, 3.8) is 0 Å². The van der Waals surface area contributed by atoms with Crippen molar-refractivity contribution >= 4 is 11.5 Å². The molecule has 0 saturated heterocycles. The summed E-state index contributed by atoms with van der Waals surface area (Å²) in [5, 5.41) is 0. The molecule has 0 aromatic carbocycles. The highest BCUT2D eigenvalue weighted by molar-refractivity contribution is 5.54. The summed E-state index contributed by atoms with van der Waals surface area (Å²) >= 11 is 0. The second kappa shape index (κ2) is 4.60. The number of methoxy groups -OCH3 is 1. The van der Waals surface area contributed by atoms with Crippen LogP contribution < -0.4 is 15.4 Å². The predicted octanol–water partition coefficient (Wildman–Crippen LogP) is 1.91. The number of rotatable bonds is 5. The minimum absolute atomic E-state index is 0.520. The minimum Gasteiger partial charge on any atom is -0.479 e. The molecule has 1 fully saturated rings. The Morgan fingerprint density at radius 3 is 2.81 bits per heavy atom. The second-order valence-corrected chi connectivity index (χ2v) is 4.25. The first-order valence-corrected chi connectivity index (χ1v) is 5.80. The lowest BCUT2D eigenvalue weighted by Gasteiger charge is -2.22. The number of nitrogens with zero attached hydrogens (tertiary/aromatic N) is 2. The summed E-state index contributed by atoms with van der Waals surface area (Å²) < 4.78 is 5.14. The van der Waals surface area contributed by atoms with Crippen LogP contribution in [-0.4, -0.2) is 25.2 Å². The molecular weight excluding hydrogens is 202 g/mol. The number of nitrogens with two attached hydrogens (primary N) is 1. The predicted molar refractivity (Wildman–Crippen MR) is 65.8 cm³/mol. The van der Waals surface area contributed by atoms with Crippen LogP contribution in [0.3, 0.4) is 0 Å². The van der Waals surface area contributed by atoms with E-state index >= 15 is 0 Å². The van der Waals surface area contributed by atoms with E-state index in [1.807, 2.05) is 12.1 Å². The number of pyridine rings is 1. The molecule has 1 aliphatic carbocycles. The summed E-state index contributed by atoms with van der Waals surface area (Å²) in [7, 11) is 1.60. The molecule has 2 rings (SSSR count). The van der Waals surface area contributed by atoms with Crippen molar-refractivity contribution in [2.45, 2.75) is 19.8 Å². The lowest BCUT2D eigenvalue weighted by molar-refractivity contribution is 0.400. The van der Waals surface area contributed by atoms with Gasteiger partial charge in [0.25, 0.3) is 0 Å². The van der Waals surface area contributed by atoms with Crippen LogP contribution in [0.4, 0.5) is 11.5 Å². The summed E-state index contributed by atoms with van der Waals surface area (Å²) in [4.78, 5) is 6.70. The Kier molecular flexibility index (Phi) is 3.17. The van der Waals surface area contributed by atoms with E-state index in [4.69, 9.17) is 10.5 Å². The van der Waals surface area contributed by atoms with Crippen molar-refractivity contribution in [2.24, 2.45) is 5.92 Å². The van der Waals surface area contributed by atoms with Crippen LogP contribution in [0.5, 0.6) is 5.88 Å². The molecule has 0 radical (unpaired) electrons. The van der Waals surface area contributed by atoms with Crippen LogP contribution in [0.25, 0.3) is 0 Å². The normalized spacial score (nSPS) is 14.9. The van der Waals surface area contributed by atoms with E-state index in [0.29, 0.717) is 11.6 Å². The van der Waals surface area contributed by atoms with E-state index in [1.54, 1.807) is 7.11 Å². The van der Waals surface area contributed by atoms with Gasteiger partial charge in [-0.05, 0) is 37.8 Å². The fraction of sp³-hybridized carbons (Fsp3) is 0.583. The average Bonchev–Trinajstić information content (AvgIpc) is 3.11. The van der Waals surface area contributed by atoms with Gasteiger partial charge in [-0.15, -0.1) is 0 Å². The molecule has 2 N–H and O–H groups in total. The van der Waals surface area contributed by atoms with Gasteiger partial charge in [-0.1, -0.05) is 0 Å². The molecule has 4 heteroatoms. The Hall–Kier alpha value is -1.45. The third-order valence-electron chi connectivity index (χ3n) is 2.95. The van der Waals surface area contributed by atoms with Crippen molar-refractivity contribution < 1.29 is 4.74 Å². The quantitative estimate of drug-likeness (QED) is 0.825. The number of anilines is 2. The molecule has 1 aromatic heterocycles. The van der Waals surface area contributed by atoms with Gasteiger partial charge in [-0.25, -0.2) is 0 Å². The van der Waals surface area contributed by atoms with Crippen molar-refractivity contribution in [1.29, 1.82) is 0 Å². The van der Waals surface area contributed by atoms with E-state index in [2.05, 4.69) is 16.8 Å². The Morgan fingerprint density at radius 2 is 2.25 bits per heavy atom. The number of aromatic nitrogens is 1. The van der Waals surface area contributed by atoms with Gasteiger partial charge in [0, 0.05) is 13.1 Å². The van der Waals surface area contributed by atoms with Crippen LogP contribution in [0.15, 0.2) is 12.1 Å². The maximum Gasteiger partial charge on any atom is 0.238 e. The van der Waals surface area contributed by atoms with Crippen molar-refractivity contribution in [2.75, 3.05) is 30.8 Å². The molecule has 0 spiro atoms. The molecule has 0 amide bonds. The van der Waals surface area contributed by atoms with Crippen molar-refractivity contribution in [1.82, 2.24) is 4.98 Å². The molecule has 1 saturated carbocycles. The smallest absolute Gasteiger partial charge is 0.238 e. The lowest BCUT2D eigenvalue weighted by atomic mass is 10.3. The summed E-state index contributed by atoms with van der Waals surface area (Å²) in [6.07, 6.45) is 2.70. The zero-order chi connectivity index (χ0) is 11.5. The molecule has 4 nitrogen and oxygen atoms in total. The third-order valence-corrected chi connectivity index (χ3v) is 2.95. The molecule has 1 aromatic rings. The van der Waals surface area contributed by atoms with Gasteiger partial charge >= 0.3 is 0 Å².